The number of hydrogen-bond acceptors (Lipinski definition) is 5. The molecule has 2 aliphatic rings. The highest BCUT2D eigenvalue weighted by atomic mass is 32.1. The topological polar surface area (TPSA) is 70.1 Å². The molecule has 2 saturated heterocycles. The maximum Gasteiger partial charge on any atom is 0.303 e. The number of aliphatic carboxylic acids is 1. The lowest BCUT2D eigenvalue weighted by molar-refractivity contribution is -0.137. The molecule has 6 nitrogen and oxygen atoms in total. The van der Waals surface area contributed by atoms with Crippen LogP contribution in [0.2, 0.25) is 0 Å². The first-order chi connectivity index (χ1) is 12.0. The molecule has 0 aromatic carbocycles. The Bertz CT molecular complexity index is 612. The zero-order valence-corrected chi connectivity index (χ0v) is 15.5. The van der Waals surface area contributed by atoms with Crippen LogP contribution in [-0.4, -0.2) is 72.2 Å². The molecule has 7 heteroatoms. The van der Waals surface area contributed by atoms with Crippen molar-refractivity contribution in [1.82, 2.24) is 9.80 Å². The summed E-state index contributed by atoms with van der Waals surface area (Å²) in [4.78, 5) is 29.3. The number of likely N-dealkylation sites (tertiary alicyclic amines) is 1. The van der Waals surface area contributed by atoms with Crippen LogP contribution >= 0.6 is 11.3 Å². The van der Waals surface area contributed by atoms with E-state index in [1.807, 2.05) is 23.3 Å². The summed E-state index contributed by atoms with van der Waals surface area (Å²) in [5.41, 5.74) is 0.754. The lowest BCUT2D eigenvalue weighted by atomic mass is 9.86. The number of carbonyl (C=O) groups is 2. The van der Waals surface area contributed by atoms with E-state index >= 15 is 0 Å². The van der Waals surface area contributed by atoms with Gasteiger partial charge in [-0.05, 0) is 31.7 Å². The van der Waals surface area contributed by atoms with Crippen LogP contribution in [0.3, 0.4) is 0 Å². The predicted octanol–water partition coefficient (Wildman–Crippen LogP) is 2.08. The van der Waals surface area contributed by atoms with Gasteiger partial charge in [-0.2, -0.15) is 0 Å². The first-order valence-electron chi connectivity index (χ1n) is 8.92. The molecule has 0 aliphatic carbocycles. The van der Waals surface area contributed by atoms with Gasteiger partial charge in [0.1, 0.15) is 0 Å². The fourth-order valence-electron chi connectivity index (χ4n) is 3.92. The SMILES string of the molecule is Cc1cc(C(=O)N2CC[C@H](N3CCOCC3)[C@H](CCC(=O)O)C2)cs1. The van der Waals surface area contributed by atoms with Crippen LogP contribution in [0.4, 0.5) is 0 Å². The van der Waals surface area contributed by atoms with Crippen molar-refractivity contribution < 1.29 is 19.4 Å². The van der Waals surface area contributed by atoms with E-state index in [4.69, 9.17) is 9.84 Å². The summed E-state index contributed by atoms with van der Waals surface area (Å²) >= 11 is 1.59. The number of carboxylic acids is 1. The lowest BCUT2D eigenvalue weighted by Crippen LogP contribution is -2.55. The molecule has 1 amide bonds. The minimum atomic E-state index is -0.766. The minimum Gasteiger partial charge on any atom is -0.481 e. The number of piperidine rings is 1. The van der Waals surface area contributed by atoms with E-state index in [0.717, 1.165) is 49.7 Å². The highest BCUT2D eigenvalue weighted by Gasteiger charge is 2.35. The predicted molar refractivity (Wildman–Crippen MR) is 96.1 cm³/mol. The van der Waals surface area contributed by atoms with Gasteiger partial charge in [0.15, 0.2) is 0 Å². The van der Waals surface area contributed by atoms with Crippen LogP contribution in [0.15, 0.2) is 11.4 Å². The van der Waals surface area contributed by atoms with Crippen LogP contribution < -0.4 is 0 Å². The van der Waals surface area contributed by atoms with E-state index < -0.39 is 5.97 Å². The number of nitrogens with zero attached hydrogens (tertiary/aromatic N) is 2. The Morgan fingerprint density at radius 2 is 2.08 bits per heavy atom. The fraction of sp³-hybridized carbons (Fsp3) is 0.667. The molecular formula is C18H26N2O4S. The Hall–Kier alpha value is -1.44. The van der Waals surface area contributed by atoms with Gasteiger partial charge < -0.3 is 14.7 Å². The van der Waals surface area contributed by atoms with E-state index in [0.29, 0.717) is 19.0 Å². The molecule has 0 unspecified atom stereocenters. The molecule has 0 spiro atoms. The molecule has 138 valence electrons. The Morgan fingerprint density at radius 3 is 2.72 bits per heavy atom. The average Bonchev–Trinajstić information content (AvgIpc) is 3.06. The first-order valence-corrected chi connectivity index (χ1v) is 9.80. The van der Waals surface area contributed by atoms with Crippen molar-refractivity contribution in [2.24, 2.45) is 5.92 Å². The molecule has 3 heterocycles. The third-order valence-corrected chi connectivity index (χ3v) is 6.06. The second-order valence-electron chi connectivity index (χ2n) is 6.89. The van der Waals surface area contributed by atoms with Crippen LogP contribution in [0, 0.1) is 12.8 Å². The standard InChI is InChI=1S/C18H26N2O4S/c1-13-10-15(12-25-13)18(23)20-5-4-16(19-6-8-24-9-7-19)14(11-20)2-3-17(21)22/h10,12,14,16H,2-9,11H2,1H3,(H,21,22)/t14-,16+/m1/s1. The van der Waals surface area contributed by atoms with E-state index in [1.165, 1.54) is 0 Å². The van der Waals surface area contributed by atoms with Crippen molar-refractivity contribution in [2.75, 3.05) is 39.4 Å². The summed E-state index contributed by atoms with van der Waals surface area (Å²) in [6.07, 6.45) is 1.67. The number of carbonyl (C=O) groups excluding carboxylic acids is 1. The van der Waals surface area contributed by atoms with Gasteiger partial charge in [0.05, 0.1) is 18.8 Å². The number of aryl methyl sites for hydroxylation is 1. The number of amides is 1. The van der Waals surface area contributed by atoms with Gasteiger partial charge in [0, 0.05) is 48.9 Å². The third-order valence-electron chi connectivity index (χ3n) is 5.20. The number of hydrogen-bond donors (Lipinski definition) is 1. The van der Waals surface area contributed by atoms with Crippen LogP contribution in [0.1, 0.15) is 34.5 Å². The van der Waals surface area contributed by atoms with E-state index in [9.17, 15) is 9.59 Å². The zero-order chi connectivity index (χ0) is 17.8. The Balaban J connectivity index is 1.68. The van der Waals surface area contributed by atoms with Crippen molar-refractivity contribution in [3.63, 3.8) is 0 Å². The maximum absolute atomic E-state index is 12.8. The van der Waals surface area contributed by atoms with Crippen molar-refractivity contribution in [2.45, 2.75) is 32.2 Å². The molecular weight excluding hydrogens is 340 g/mol. The molecule has 2 atom stereocenters. The molecule has 2 fully saturated rings. The normalized spacial score (nSPS) is 25.1. The first kappa shape index (κ1) is 18.4. The zero-order valence-electron chi connectivity index (χ0n) is 14.6. The second kappa shape index (κ2) is 8.29. The van der Waals surface area contributed by atoms with Crippen molar-refractivity contribution in [1.29, 1.82) is 0 Å². The molecule has 0 saturated carbocycles. The van der Waals surface area contributed by atoms with Crippen LogP contribution in [0.5, 0.6) is 0 Å². The summed E-state index contributed by atoms with van der Waals surface area (Å²) in [6, 6.07) is 2.28. The Morgan fingerprint density at radius 1 is 1.32 bits per heavy atom. The van der Waals surface area contributed by atoms with E-state index in [1.54, 1.807) is 11.3 Å². The molecule has 3 rings (SSSR count). The fourth-order valence-corrected chi connectivity index (χ4v) is 4.60. The number of morpholine rings is 1. The van der Waals surface area contributed by atoms with Crippen LogP contribution in [-0.2, 0) is 9.53 Å². The molecule has 1 aromatic rings. The maximum atomic E-state index is 12.8. The largest absolute Gasteiger partial charge is 0.481 e. The third kappa shape index (κ3) is 4.59. The second-order valence-corrected chi connectivity index (χ2v) is 8.01. The van der Waals surface area contributed by atoms with Gasteiger partial charge in [-0.15, -0.1) is 11.3 Å². The summed E-state index contributed by atoms with van der Waals surface area (Å²) in [5.74, 6) is -0.491. The summed E-state index contributed by atoms with van der Waals surface area (Å²) in [5, 5.41) is 11.0. The van der Waals surface area contributed by atoms with Gasteiger partial charge in [-0.3, -0.25) is 14.5 Å². The molecule has 1 N–H and O–H groups in total. The summed E-state index contributed by atoms with van der Waals surface area (Å²) in [7, 11) is 0. The average molecular weight is 366 g/mol. The molecule has 2 aliphatic heterocycles. The van der Waals surface area contributed by atoms with Crippen LogP contribution in [0.25, 0.3) is 0 Å². The van der Waals surface area contributed by atoms with Gasteiger partial charge in [0.25, 0.3) is 5.91 Å². The van der Waals surface area contributed by atoms with Crippen molar-refractivity contribution in [3.8, 4) is 0 Å². The number of carboxylic acid groups (broad SMARTS) is 1. The molecule has 0 bridgehead atoms. The summed E-state index contributed by atoms with van der Waals surface area (Å²) in [6.45, 7) is 6.64. The smallest absolute Gasteiger partial charge is 0.303 e. The highest BCUT2D eigenvalue weighted by Crippen LogP contribution is 2.28. The summed E-state index contributed by atoms with van der Waals surface area (Å²) < 4.78 is 5.44. The number of ether oxygens (including phenoxy) is 1. The molecule has 25 heavy (non-hydrogen) atoms. The molecule has 0 radical (unpaired) electrons. The lowest BCUT2D eigenvalue weighted by Gasteiger charge is -2.45. The monoisotopic (exact) mass is 366 g/mol. The molecule has 1 aromatic heterocycles. The van der Waals surface area contributed by atoms with Crippen molar-refractivity contribution in [3.05, 3.63) is 21.9 Å². The number of thiophene rings is 1. The van der Waals surface area contributed by atoms with Gasteiger partial charge in [0.2, 0.25) is 0 Å². The van der Waals surface area contributed by atoms with E-state index in [-0.39, 0.29) is 18.2 Å². The van der Waals surface area contributed by atoms with Crippen molar-refractivity contribution >= 4 is 23.2 Å². The minimum absolute atomic E-state index is 0.0742. The quantitative estimate of drug-likeness (QED) is 0.864. The van der Waals surface area contributed by atoms with Gasteiger partial charge in [-0.25, -0.2) is 0 Å². The Kier molecular flexibility index (Phi) is 6.09. The number of rotatable bonds is 5. The Labute approximate surface area is 152 Å². The van der Waals surface area contributed by atoms with Gasteiger partial charge >= 0.3 is 5.97 Å². The van der Waals surface area contributed by atoms with E-state index in [2.05, 4.69) is 4.90 Å². The van der Waals surface area contributed by atoms with Gasteiger partial charge in [-0.1, -0.05) is 0 Å². The highest BCUT2D eigenvalue weighted by molar-refractivity contribution is 7.10.